The first-order valence-corrected chi connectivity index (χ1v) is 9.67. The van der Waals surface area contributed by atoms with Gasteiger partial charge in [0.05, 0.1) is 11.8 Å². The van der Waals surface area contributed by atoms with Gasteiger partial charge in [-0.25, -0.2) is 4.39 Å². The van der Waals surface area contributed by atoms with Gasteiger partial charge in [0.1, 0.15) is 12.4 Å². The Kier molecular flexibility index (Phi) is 6.67. The summed E-state index contributed by atoms with van der Waals surface area (Å²) in [4.78, 5) is 16.3. The molecule has 1 aromatic heterocycles. The number of benzene rings is 1. The van der Waals surface area contributed by atoms with Crippen molar-refractivity contribution in [2.24, 2.45) is 5.92 Å². The fraction of sp³-hybridized carbons (Fsp3) is 0.429. The van der Waals surface area contributed by atoms with Gasteiger partial charge in [-0.3, -0.25) is 9.78 Å². The van der Waals surface area contributed by atoms with Crippen molar-refractivity contribution in [2.45, 2.75) is 51.4 Å². The quantitative estimate of drug-likeness (QED) is 0.758. The first kappa shape index (κ1) is 19.6. The minimum Gasteiger partial charge on any atom is -0.490 e. The number of pyridine rings is 1. The summed E-state index contributed by atoms with van der Waals surface area (Å²) in [6, 6.07) is 10.4. The molecule has 4 nitrogen and oxygen atoms in total. The predicted octanol–water partition coefficient (Wildman–Crippen LogP) is 4.96. The largest absolute Gasteiger partial charge is 0.490 e. The molecule has 144 valence electrons. The zero-order valence-corrected chi connectivity index (χ0v) is 16.1. The number of hydrogen-bond donors (Lipinski definition) is 1. The Morgan fingerprint density at radius 1 is 1.26 bits per heavy atom. The van der Waals surface area contributed by atoms with Crippen LogP contribution < -0.4 is 10.1 Å². The van der Waals surface area contributed by atoms with Crippen LogP contribution >= 0.6 is 11.6 Å². The molecule has 0 spiro atoms. The Labute approximate surface area is 164 Å². The average molecular weight is 391 g/mol. The van der Waals surface area contributed by atoms with Crippen LogP contribution in [-0.2, 0) is 6.67 Å². The van der Waals surface area contributed by atoms with E-state index in [1.165, 1.54) is 0 Å². The van der Waals surface area contributed by atoms with Gasteiger partial charge >= 0.3 is 0 Å². The second-order valence-electron chi connectivity index (χ2n) is 7.04. The maximum absolute atomic E-state index is 12.7. The van der Waals surface area contributed by atoms with Gasteiger partial charge in [0.25, 0.3) is 5.91 Å². The van der Waals surface area contributed by atoms with E-state index in [9.17, 15) is 9.18 Å². The summed E-state index contributed by atoms with van der Waals surface area (Å²) >= 11 is 5.87. The van der Waals surface area contributed by atoms with Crippen LogP contribution in [0.2, 0.25) is 5.02 Å². The summed E-state index contributed by atoms with van der Waals surface area (Å²) < 4.78 is 18.7. The molecule has 2 aromatic rings. The molecule has 0 saturated heterocycles. The molecule has 27 heavy (non-hydrogen) atoms. The first-order chi connectivity index (χ1) is 13.0. The van der Waals surface area contributed by atoms with Crippen LogP contribution in [0.3, 0.4) is 0 Å². The molecule has 0 aliphatic heterocycles. The van der Waals surface area contributed by atoms with Crippen LogP contribution in [0.15, 0.2) is 42.6 Å². The van der Waals surface area contributed by atoms with E-state index in [2.05, 4.69) is 17.2 Å². The second-order valence-corrected chi connectivity index (χ2v) is 7.48. The number of aromatic nitrogens is 1. The van der Waals surface area contributed by atoms with Crippen molar-refractivity contribution in [3.63, 3.8) is 0 Å². The van der Waals surface area contributed by atoms with Crippen molar-refractivity contribution in [3.05, 3.63) is 58.9 Å². The van der Waals surface area contributed by atoms with E-state index in [0.717, 1.165) is 25.7 Å². The number of nitrogens with one attached hydrogen (secondary N) is 1. The van der Waals surface area contributed by atoms with E-state index in [1.807, 2.05) is 0 Å². The smallest absolute Gasteiger partial charge is 0.251 e. The van der Waals surface area contributed by atoms with Crippen molar-refractivity contribution in [1.82, 2.24) is 10.3 Å². The zero-order chi connectivity index (χ0) is 19.2. The highest BCUT2D eigenvalue weighted by molar-refractivity contribution is 6.30. The Bertz CT molecular complexity index is 761. The number of halogens is 2. The third kappa shape index (κ3) is 5.42. The molecular weight excluding hydrogens is 367 g/mol. The van der Waals surface area contributed by atoms with Gasteiger partial charge in [0.2, 0.25) is 0 Å². The predicted molar refractivity (Wildman–Crippen MR) is 104 cm³/mol. The summed E-state index contributed by atoms with van der Waals surface area (Å²) in [5, 5.41) is 3.71. The van der Waals surface area contributed by atoms with Crippen molar-refractivity contribution in [2.75, 3.05) is 0 Å². The molecule has 1 heterocycles. The monoisotopic (exact) mass is 390 g/mol. The number of carbonyl (C=O) groups excluding carboxylic acids is 1. The topological polar surface area (TPSA) is 51.2 Å². The van der Waals surface area contributed by atoms with Gasteiger partial charge in [-0.1, -0.05) is 11.6 Å². The second kappa shape index (κ2) is 9.18. The van der Waals surface area contributed by atoms with Gasteiger partial charge in [-0.05, 0) is 68.9 Å². The van der Waals surface area contributed by atoms with E-state index in [0.29, 0.717) is 27.9 Å². The van der Waals surface area contributed by atoms with Crippen LogP contribution in [-0.4, -0.2) is 23.0 Å². The number of ether oxygens (including phenoxy) is 1. The van der Waals surface area contributed by atoms with E-state index in [-0.39, 0.29) is 18.1 Å². The van der Waals surface area contributed by atoms with Crippen LogP contribution in [0.4, 0.5) is 4.39 Å². The molecule has 1 fully saturated rings. The minimum absolute atomic E-state index is 0.0759. The molecule has 1 unspecified atom stereocenters. The Morgan fingerprint density at radius 2 is 1.96 bits per heavy atom. The maximum atomic E-state index is 12.7. The number of amides is 1. The molecule has 1 amide bonds. The number of rotatable bonds is 6. The molecule has 1 saturated carbocycles. The highest BCUT2D eigenvalue weighted by Gasteiger charge is 2.27. The molecule has 1 aliphatic rings. The van der Waals surface area contributed by atoms with Gasteiger partial charge in [-0.2, -0.15) is 0 Å². The molecular formula is C21H24ClFN2O2. The lowest BCUT2D eigenvalue weighted by Crippen LogP contribution is -2.40. The summed E-state index contributed by atoms with van der Waals surface area (Å²) in [5.74, 6) is 1.01. The van der Waals surface area contributed by atoms with E-state index in [4.69, 9.17) is 16.3 Å². The van der Waals surface area contributed by atoms with Crippen molar-refractivity contribution in [1.29, 1.82) is 0 Å². The number of nitrogens with zero attached hydrogens (tertiary/aromatic N) is 1. The normalized spacial score (nSPS) is 20.7. The Hall–Kier alpha value is -2.14. The van der Waals surface area contributed by atoms with Crippen LogP contribution in [0.5, 0.6) is 5.75 Å². The number of carbonyl (C=O) groups is 1. The lowest BCUT2D eigenvalue weighted by Gasteiger charge is -2.32. The molecule has 0 bridgehead atoms. The lowest BCUT2D eigenvalue weighted by atomic mass is 9.83. The first-order valence-electron chi connectivity index (χ1n) is 9.29. The SMILES string of the molecule is CC(NC(=O)c1ccc(Cl)cc1)C1CCC(Oc2ccnc(CF)c2)CC1. The highest BCUT2D eigenvalue weighted by atomic mass is 35.5. The fourth-order valence-electron chi connectivity index (χ4n) is 3.51. The fourth-order valence-corrected chi connectivity index (χ4v) is 3.64. The van der Waals surface area contributed by atoms with E-state index < -0.39 is 6.67 Å². The van der Waals surface area contributed by atoms with Crippen LogP contribution in [0.25, 0.3) is 0 Å². The van der Waals surface area contributed by atoms with E-state index >= 15 is 0 Å². The lowest BCUT2D eigenvalue weighted by molar-refractivity contribution is 0.0885. The molecule has 6 heteroatoms. The van der Waals surface area contributed by atoms with Gasteiger partial charge < -0.3 is 10.1 Å². The molecule has 3 rings (SSSR count). The Morgan fingerprint density at radius 3 is 2.63 bits per heavy atom. The van der Waals surface area contributed by atoms with Gasteiger partial charge in [0.15, 0.2) is 0 Å². The van der Waals surface area contributed by atoms with Crippen molar-refractivity contribution in [3.8, 4) is 5.75 Å². The highest BCUT2D eigenvalue weighted by Crippen LogP contribution is 2.30. The molecule has 1 aromatic carbocycles. The molecule has 0 radical (unpaired) electrons. The summed E-state index contributed by atoms with van der Waals surface area (Å²) in [6.45, 7) is 1.46. The minimum atomic E-state index is -0.589. The third-order valence-corrected chi connectivity index (χ3v) is 5.37. The summed E-state index contributed by atoms with van der Waals surface area (Å²) in [5.41, 5.74) is 1.00. The van der Waals surface area contributed by atoms with Crippen LogP contribution in [0, 0.1) is 5.92 Å². The molecule has 1 aliphatic carbocycles. The number of alkyl halides is 1. The van der Waals surface area contributed by atoms with Gasteiger partial charge in [-0.15, -0.1) is 0 Å². The third-order valence-electron chi connectivity index (χ3n) is 5.12. The maximum Gasteiger partial charge on any atom is 0.251 e. The Balaban J connectivity index is 1.48. The number of hydrogen-bond acceptors (Lipinski definition) is 3. The van der Waals surface area contributed by atoms with E-state index in [1.54, 1.807) is 42.6 Å². The molecule has 1 atom stereocenters. The summed E-state index contributed by atoms with van der Waals surface area (Å²) in [6.07, 6.45) is 5.49. The van der Waals surface area contributed by atoms with Crippen LogP contribution in [0.1, 0.15) is 48.7 Å². The standard InChI is InChI=1S/C21H24ClFN2O2/c1-14(25-21(26)16-2-6-17(22)7-3-16)15-4-8-19(9-5-15)27-20-10-11-24-18(12-20)13-23/h2-3,6-7,10-12,14-15,19H,4-5,8-9,13H2,1H3,(H,25,26). The summed E-state index contributed by atoms with van der Waals surface area (Å²) in [7, 11) is 0. The average Bonchev–Trinajstić information content (AvgIpc) is 2.69. The molecule has 1 N–H and O–H groups in total. The zero-order valence-electron chi connectivity index (χ0n) is 15.3. The van der Waals surface area contributed by atoms with Crippen molar-refractivity contribution >= 4 is 17.5 Å². The van der Waals surface area contributed by atoms with Gasteiger partial charge in [0, 0.05) is 28.9 Å². The van der Waals surface area contributed by atoms with Crippen molar-refractivity contribution < 1.29 is 13.9 Å².